The van der Waals surface area contributed by atoms with Gasteiger partial charge in [-0.15, -0.1) is 21.5 Å². The van der Waals surface area contributed by atoms with Crippen LogP contribution in [0.2, 0.25) is 0 Å². The molecular weight excluding hydrogens is 346 g/mol. The Balaban J connectivity index is 1.65. The fourth-order valence-corrected chi connectivity index (χ4v) is 3.69. The van der Waals surface area contributed by atoms with Crippen molar-refractivity contribution in [2.75, 3.05) is 7.11 Å². The molecule has 0 aromatic carbocycles. The van der Waals surface area contributed by atoms with E-state index in [-0.39, 0.29) is 5.76 Å². The van der Waals surface area contributed by atoms with E-state index in [1.807, 2.05) is 26.0 Å². The zero-order valence-electron chi connectivity index (χ0n) is 13.4. The van der Waals surface area contributed by atoms with E-state index < -0.39 is 5.97 Å². The predicted octanol–water partition coefficient (Wildman–Crippen LogP) is 3.89. The third-order valence-electron chi connectivity index (χ3n) is 3.19. The number of furan rings is 1. The van der Waals surface area contributed by atoms with Crippen LogP contribution in [0.15, 0.2) is 33.7 Å². The van der Waals surface area contributed by atoms with Gasteiger partial charge in [0, 0.05) is 0 Å². The van der Waals surface area contributed by atoms with Crippen LogP contribution >= 0.6 is 23.1 Å². The maximum atomic E-state index is 11.4. The third-order valence-corrected chi connectivity index (χ3v) is 5.22. The van der Waals surface area contributed by atoms with E-state index in [1.54, 1.807) is 23.5 Å². The highest BCUT2D eigenvalue weighted by atomic mass is 32.2. The van der Waals surface area contributed by atoms with Gasteiger partial charge in [0.05, 0.1) is 28.4 Å². The van der Waals surface area contributed by atoms with Crippen molar-refractivity contribution in [3.8, 4) is 10.6 Å². The van der Waals surface area contributed by atoms with Gasteiger partial charge in [0.1, 0.15) is 16.5 Å². The summed E-state index contributed by atoms with van der Waals surface area (Å²) >= 11 is 3.10. The number of carbonyl (C=O) groups is 1. The molecular formula is C16H15N3O3S2. The number of carbonyl (C=O) groups excluding carboxylic acids is 1. The Hall–Kier alpha value is -2.19. The number of rotatable bonds is 5. The van der Waals surface area contributed by atoms with Crippen LogP contribution in [0, 0.1) is 13.8 Å². The minimum Gasteiger partial charge on any atom is -0.463 e. The number of aryl methyl sites for hydroxylation is 2. The van der Waals surface area contributed by atoms with Crippen molar-refractivity contribution in [3.63, 3.8) is 0 Å². The second-order valence-corrected chi connectivity index (χ2v) is 7.15. The molecule has 0 amide bonds. The molecule has 0 aliphatic heterocycles. The quantitative estimate of drug-likeness (QED) is 0.504. The minimum atomic E-state index is -0.481. The van der Waals surface area contributed by atoms with Crippen molar-refractivity contribution in [3.05, 3.63) is 46.5 Å². The van der Waals surface area contributed by atoms with Gasteiger partial charge in [0.2, 0.25) is 5.76 Å². The normalized spacial score (nSPS) is 10.8. The van der Waals surface area contributed by atoms with Gasteiger partial charge in [-0.25, -0.2) is 9.78 Å². The average Bonchev–Trinajstić information content (AvgIpc) is 3.19. The molecule has 3 heterocycles. The molecule has 0 fully saturated rings. The Bertz CT molecular complexity index is 856. The Morgan fingerprint density at radius 1 is 1.25 bits per heavy atom. The van der Waals surface area contributed by atoms with Gasteiger partial charge < -0.3 is 9.15 Å². The smallest absolute Gasteiger partial charge is 0.373 e. The third kappa shape index (κ3) is 3.65. The number of hydrogen-bond acceptors (Lipinski definition) is 8. The first-order chi connectivity index (χ1) is 11.6. The molecule has 0 radical (unpaired) electrons. The van der Waals surface area contributed by atoms with Crippen molar-refractivity contribution in [2.45, 2.75) is 24.6 Å². The SMILES string of the molecule is COC(=O)c1ccc(CSc2ccc(-c3sc(C)nc3C)nn2)o1. The summed E-state index contributed by atoms with van der Waals surface area (Å²) in [7, 11) is 1.32. The van der Waals surface area contributed by atoms with Crippen LogP contribution in [0.1, 0.15) is 27.0 Å². The lowest BCUT2D eigenvalue weighted by molar-refractivity contribution is 0.0563. The molecule has 24 heavy (non-hydrogen) atoms. The fourth-order valence-electron chi connectivity index (χ4n) is 2.10. The highest BCUT2D eigenvalue weighted by Crippen LogP contribution is 2.29. The Labute approximate surface area is 147 Å². The maximum Gasteiger partial charge on any atom is 0.373 e. The van der Waals surface area contributed by atoms with Crippen LogP contribution in [-0.2, 0) is 10.5 Å². The van der Waals surface area contributed by atoms with Crippen molar-refractivity contribution in [2.24, 2.45) is 0 Å². The standard InChI is InChI=1S/C16H15N3O3S2/c1-9-15(24-10(2)17-9)12-5-7-14(19-18-12)23-8-11-4-6-13(22-11)16(20)21-3/h4-7H,8H2,1-3H3. The lowest BCUT2D eigenvalue weighted by Crippen LogP contribution is -1.98. The molecule has 0 unspecified atom stereocenters. The van der Waals surface area contributed by atoms with E-state index in [2.05, 4.69) is 19.9 Å². The van der Waals surface area contributed by atoms with Crippen LogP contribution in [0.4, 0.5) is 0 Å². The molecule has 0 spiro atoms. The first kappa shape index (κ1) is 16.7. The minimum absolute atomic E-state index is 0.200. The van der Waals surface area contributed by atoms with Crippen molar-refractivity contribution in [1.29, 1.82) is 0 Å². The zero-order valence-corrected chi connectivity index (χ0v) is 15.0. The number of thiazole rings is 1. The van der Waals surface area contributed by atoms with Crippen LogP contribution in [0.5, 0.6) is 0 Å². The number of esters is 1. The fraction of sp³-hybridized carbons (Fsp3) is 0.250. The van der Waals surface area contributed by atoms with Gasteiger partial charge in [0.15, 0.2) is 0 Å². The summed E-state index contributed by atoms with van der Waals surface area (Å²) in [5, 5.41) is 10.3. The number of hydrogen-bond donors (Lipinski definition) is 0. The summed E-state index contributed by atoms with van der Waals surface area (Å²) < 4.78 is 10.0. The van der Waals surface area contributed by atoms with Gasteiger partial charge in [-0.1, -0.05) is 11.8 Å². The number of thioether (sulfide) groups is 1. The predicted molar refractivity (Wildman–Crippen MR) is 92.2 cm³/mol. The number of ether oxygens (including phenoxy) is 1. The maximum absolute atomic E-state index is 11.4. The lowest BCUT2D eigenvalue weighted by Gasteiger charge is -2.00. The Kier molecular flexibility index (Phi) is 4.96. The molecule has 0 saturated heterocycles. The monoisotopic (exact) mass is 361 g/mol. The van der Waals surface area contributed by atoms with Gasteiger partial charge in [-0.3, -0.25) is 0 Å². The van der Waals surface area contributed by atoms with Crippen LogP contribution in [0.3, 0.4) is 0 Å². The average molecular weight is 361 g/mol. The lowest BCUT2D eigenvalue weighted by atomic mass is 10.3. The van der Waals surface area contributed by atoms with E-state index in [9.17, 15) is 4.79 Å². The Morgan fingerprint density at radius 3 is 2.71 bits per heavy atom. The molecule has 8 heteroatoms. The molecule has 0 N–H and O–H groups in total. The molecule has 0 atom stereocenters. The summed E-state index contributed by atoms with van der Waals surface area (Å²) in [6, 6.07) is 7.22. The number of nitrogens with zero attached hydrogens (tertiary/aromatic N) is 3. The highest BCUT2D eigenvalue weighted by molar-refractivity contribution is 7.98. The van der Waals surface area contributed by atoms with Gasteiger partial charge >= 0.3 is 5.97 Å². The molecule has 0 saturated carbocycles. The summed E-state index contributed by atoms with van der Waals surface area (Å²) in [4.78, 5) is 16.8. The zero-order chi connectivity index (χ0) is 17.1. The van der Waals surface area contributed by atoms with Crippen molar-refractivity contribution in [1.82, 2.24) is 15.2 Å². The number of aromatic nitrogens is 3. The van der Waals surface area contributed by atoms with E-state index >= 15 is 0 Å². The highest BCUT2D eigenvalue weighted by Gasteiger charge is 2.12. The molecule has 6 nitrogen and oxygen atoms in total. The van der Waals surface area contributed by atoms with Crippen molar-refractivity contribution >= 4 is 29.1 Å². The summed E-state index contributed by atoms with van der Waals surface area (Å²) in [6.07, 6.45) is 0. The van der Waals surface area contributed by atoms with Crippen LogP contribution in [0.25, 0.3) is 10.6 Å². The van der Waals surface area contributed by atoms with Crippen LogP contribution < -0.4 is 0 Å². The van der Waals surface area contributed by atoms with Crippen LogP contribution in [-0.4, -0.2) is 28.3 Å². The molecule has 124 valence electrons. The molecule has 0 bridgehead atoms. The summed E-state index contributed by atoms with van der Waals surface area (Å²) in [5.41, 5.74) is 1.80. The Morgan fingerprint density at radius 2 is 2.08 bits per heavy atom. The van der Waals surface area contributed by atoms with E-state index in [0.29, 0.717) is 11.5 Å². The first-order valence-electron chi connectivity index (χ1n) is 7.15. The second kappa shape index (κ2) is 7.14. The van der Waals surface area contributed by atoms with Gasteiger partial charge in [-0.2, -0.15) is 0 Å². The van der Waals surface area contributed by atoms with Gasteiger partial charge in [0.25, 0.3) is 0 Å². The first-order valence-corrected chi connectivity index (χ1v) is 8.95. The van der Waals surface area contributed by atoms with E-state index in [0.717, 1.165) is 26.3 Å². The molecule has 3 aromatic rings. The summed E-state index contributed by atoms with van der Waals surface area (Å²) in [6.45, 7) is 3.95. The molecule has 0 aliphatic carbocycles. The topological polar surface area (TPSA) is 78.1 Å². The summed E-state index contributed by atoms with van der Waals surface area (Å²) in [5.74, 6) is 0.959. The second-order valence-electron chi connectivity index (χ2n) is 4.95. The molecule has 3 rings (SSSR count). The van der Waals surface area contributed by atoms with E-state index in [1.165, 1.54) is 18.9 Å². The van der Waals surface area contributed by atoms with E-state index in [4.69, 9.17) is 4.42 Å². The molecule has 3 aromatic heterocycles. The molecule has 0 aliphatic rings. The van der Waals surface area contributed by atoms with Crippen molar-refractivity contribution < 1.29 is 13.9 Å². The van der Waals surface area contributed by atoms with Gasteiger partial charge in [-0.05, 0) is 38.1 Å². The largest absolute Gasteiger partial charge is 0.463 e. The number of methoxy groups -OCH3 is 1.